The van der Waals surface area contributed by atoms with Gasteiger partial charge in [0.05, 0.1) is 28.8 Å². The fourth-order valence-electron chi connectivity index (χ4n) is 1.56. The maximum Gasteiger partial charge on any atom is 0.238 e. The van der Waals surface area contributed by atoms with Crippen molar-refractivity contribution in [3.8, 4) is 0 Å². The van der Waals surface area contributed by atoms with E-state index in [1.165, 1.54) is 17.0 Å². The summed E-state index contributed by atoms with van der Waals surface area (Å²) in [7, 11) is 4.99. The van der Waals surface area contributed by atoms with Gasteiger partial charge in [0.15, 0.2) is 0 Å². The molecule has 2 amide bonds. The fraction of sp³-hybridized carbons (Fsp3) is 0.385. The molecule has 0 heterocycles. The molecule has 0 saturated carbocycles. The van der Waals surface area contributed by atoms with E-state index in [0.29, 0.717) is 11.4 Å². The maximum absolute atomic E-state index is 11.9. The van der Waals surface area contributed by atoms with Crippen LogP contribution in [0.5, 0.6) is 0 Å². The lowest BCUT2D eigenvalue weighted by atomic mass is 10.2. The van der Waals surface area contributed by atoms with E-state index in [0.717, 1.165) is 0 Å². The van der Waals surface area contributed by atoms with Gasteiger partial charge in [-0.3, -0.25) is 14.5 Å². The number of carbonyl (C=O) groups excluding carboxylic acids is 2. The van der Waals surface area contributed by atoms with Crippen LogP contribution >= 0.6 is 23.2 Å². The molecular formula is C13H18Cl2N4O2. The zero-order valence-electron chi connectivity index (χ0n) is 12.1. The third kappa shape index (κ3) is 5.41. The molecule has 0 aliphatic rings. The van der Waals surface area contributed by atoms with Gasteiger partial charge in [0.1, 0.15) is 0 Å². The van der Waals surface area contributed by atoms with Gasteiger partial charge in [0, 0.05) is 19.8 Å². The van der Waals surface area contributed by atoms with E-state index >= 15 is 0 Å². The molecule has 0 unspecified atom stereocenters. The smallest absolute Gasteiger partial charge is 0.238 e. The van der Waals surface area contributed by atoms with Gasteiger partial charge in [-0.2, -0.15) is 0 Å². The van der Waals surface area contributed by atoms with Crippen molar-refractivity contribution in [1.29, 1.82) is 0 Å². The number of carbonyl (C=O) groups is 2. The van der Waals surface area contributed by atoms with Crippen molar-refractivity contribution in [1.82, 2.24) is 9.80 Å². The second-order valence-corrected chi connectivity index (χ2v) is 5.68. The SMILES string of the molecule is CN(CC(=O)Nc1c(Cl)cc(N)cc1Cl)CC(=O)N(C)C. The highest BCUT2D eigenvalue weighted by Crippen LogP contribution is 2.32. The summed E-state index contributed by atoms with van der Waals surface area (Å²) in [5, 5.41) is 3.14. The predicted molar refractivity (Wildman–Crippen MR) is 85.7 cm³/mol. The van der Waals surface area contributed by atoms with Gasteiger partial charge in [-0.05, 0) is 19.2 Å². The lowest BCUT2D eigenvalue weighted by molar-refractivity contribution is -0.130. The molecule has 0 aliphatic carbocycles. The Kier molecular flexibility index (Phi) is 6.26. The van der Waals surface area contributed by atoms with Crippen LogP contribution in [0.3, 0.4) is 0 Å². The molecule has 0 radical (unpaired) electrons. The van der Waals surface area contributed by atoms with Crippen LogP contribution in [0.4, 0.5) is 11.4 Å². The van der Waals surface area contributed by atoms with E-state index in [1.807, 2.05) is 0 Å². The lowest BCUT2D eigenvalue weighted by Gasteiger charge is -2.19. The van der Waals surface area contributed by atoms with Crippen molar-refractivity contribution >= 4 is 46.4 Å². The molecule has 6 nitrogen and oxygen atoms in total. The molecule has 0 saturated heterocycles. The van der Waals surface area contributed by atoms with Crippen molar-refractivity contribution in [3.63, 3.8) is 0 Å². The van der Waals surface area contributed by atoms with Crippen LogP contribution in [-0.4, -0.2) is 55.8 Å². The number of nitrogens with zero attached hydrogens (tertiary/aromatic N) is 2. The molecule has 3 N–H and O–H groups in total. The Bertz CT molecular complexity index is 526. The third-order valence-corrected chi connectivity index (χ3v) is 3.24. The number of benzene rings is 1. The van der Waals surface area contributed by atoms with Gasteiger partial charge < -0.3 is 16.0 Å². The number of halogens is 2. The first-order valence-corrected chi connectivity index (χ1v) is 6.89. The van der Waals surface area contributed by atoms with E-state index in [-0.39, 0.29) is 34.9 Å². The molecule has 116 valence electrons. The molecule has 21 heavy (non-hydrogen) atoms. The topological polar surface area (TPSA) is 78.7 Å². The summed E-state index contributed by atoms with van der Waals surface area (Å²) in [6.07, 6.45) is 0. The number of amides is 2. The van der Waals surface area contributed by atoms with Crippen molar-refractivity contribution < 1.29 is 9.59 Å². The predicted octanol–water partition coefficient (Wildman–Crippen LogP) is 1.53. The zero-order chi connectivity index (χ0) is 16.2. The molecule has 0 aromatic heterocycles. The van der Waals surface area contributed by atoms with Gasteiger partial charge in [-0.1, -0.05) is 23.2 Å². The summed E-state index contributed by atoms with van der Waals surface area (Å²) >= 11 is 12.0. The molecule has 8 heteroatoms. The maximum atomic E-state index is 11.9. The molecule has 0 fully saturated rings. The second kappa shape index (κ2) is 7.49. The van der Waals surface area contributed by atoms with Gasteiger partial charge in [-0.15, -0.1) is 0 Å². The van der Waals surface area contributed by atoms with Gasteiger partial charge in [0.25, 0.3) is 0 Å². The van der Waals surface area contributed by atoms with Gasteiger partial charge in [-0.25, -0.2) is 0 Å². The van der Waals surface area contributed by atoms with Crippen LogP contribution in [0.1, 0.15) is 0 Å². The molecule has 0 spiro atoms. The van der Waals surface area contributed by atoms with Crippen LogP contribution < -0.4 is 11.1 Å². The number of hydrogen-bond donors (Lipinski definition) is 2. The van der Waals surface area contributed by atoms with Crippen molar-refractivity contribution in [3.05, 3.63) is 22.2 Å². The number of hydrogen-bond acceptors (Lipinski definition) is 4. The van der Waals surface area contributed by atoms with Crippen LogP contribution in [0.2, 0.25) is 10.0 Å². The summed E-state index contributed by atoms with van der Waals surface area (Å²) in [6, 6.07) is 3.00. The average molecular weight is 333 g/mol. The molecule has 0 atom stereocenters. The van der Waals surface area contributed by atoms with E-state index in [1.54, 1.807) is 26.0 Å². The Labute approximate surface area is 133 Å². The quantitative estimate of drug-likeness (QED) is 0.801. The third-order valence-electron chi connectivity index (χ3n) is 2.65. The Morgan fingerprint density at radius 1 is 1.14 bits per heavy atom. The van der Waals surface area contributed by atoms with E-state index in [4.69, 9.17) is 28.9 Å². The minimum absolute atomic E-state index is 0.0383. The summed E-state index contributed by atoms with van der Waals surface area (Å²) in [4.78, 5) is 26.5. The average Bonchev–Trinajstić information content (AvgIpc) is 2.33. The lowest BCUT2D eigenvalue weighted by Crippen LogP contribution is -2.38. The number of nitrogen functional groups attached to an aromatic ring is 1. The summed E-state index contributed by atoms with van der Waals surface area (Å²) in [5.41, 5.74) is 6.31. The van der Waals surface area contributed by atoms with Crippen molar-refractivity contribution in [2.75, 3.05) is 45.3 Å². The summed E-state index contributed by atoms with van der Waals surface area (Å²) in [6.45, 7) is 0.181. The van der Waals surface area contributed by atoms with E-state index in [9.17, 15) is 9.59 Å². The Hall–Kier alpha value is -1.50. The first-order chi connectivity index (χ1) is 9.70. The van der Waals surface area contributed by atoms with Crippen LogP contribution in [-0.2, 0) is 9.59 Å². The Morgan fingerprint density at radius 2 is 1.67 bits per heavy atom. The highest BCUT2D eigenvalue weighted by atomic mass is 35.5. The molecule has 1 rings (SSSR count). The number of anilines is 2. The number of rotatable bonds is 5. The van der Waals surface area contributed by atoms with Gasteiger partial charge in [0.2, 0.25) is 11.8 Å². The van der Waals surface area contributed by atoms with Crippen LogP contribution in [0, 0.1) is 0 Å². The van der Waals surface area contributed by atoms with Crippen molar-refractivity contribution in [2.45, 2.75) is 0 Å². The standard InChI is InChI=1S/C13H18Cl2N4O2/c1-18(2)12(21)7-19(3)6-11(20)17-13-9(14)4-8(16)5-10(13)15/h4-5H,6-7,16H2,1-3H3,(H,17,20). The normalized spacial score (nSPS) is 10.6. The molecular weight excluding hydrogens is 315 g/mol. The Balaban J connectivity index is 2.64. The molecule has 1 aromatic rings. The van der Waals surface area contributed by atoms with E-state index < -0.39 is 0 Å². The molecule has 0 aliphatic heterocycles. The Morgan fingerprint density at radius 3 is 2.14 bits per heavy atom. The number of nitrogens with two attached hydrogens (primary N) is 1. The largest absolute Gasteiger partial charge is 0.399 e. The highest BCUT2D eigenvalue weighted by molar-refractivity contribution is 6.40. The minimum atomic E-state index is -0.322. The zero-order valence-corrected chi connectivity index (χ0v) is 13.6. The molecule has 1 aromatic carbocycles. The minimum Gasteiger partial charge on any atom is -0.399 e. The van der Waals surface area contributed by atoms with Crippen LogP contribution in [0.25, 0.3) is 0 Å². The van der Waals surface area contributed by atoms with Gasteiger partial charge >= 0.3 is 0 Å². The first kappa shape index (κ1) is 17.6. The summed E-state index contributed by atoms with van der Waals surface area (Å²) in [5.74, 6) is -0.411. The van der Waals surface area contributed by atoms with Crippen LogP contribution in [0.15, 0.2) is 12.1 Å². The second-order valence-electron chi connectivity index (χ2n) is 4.87. The first-order valence-electron chi connectivity index (χ1n) is 6.13. The fourth-order valence-corrected chi connectivity index (χ4v) is 2.16. The summed E-state index contributed by atoms with van der Waals surface area (Å²) < 4.78 is 0. The number of likely N-dealkylation sites (N-methyl/N-ethyl adjacent to an activating group) is 2. The van der Waals surface area contributed by atoms with E-state index in [2.05, 4.69) is 5.32 Å². The number of nitrogens with one attached hydrogen (secondary N) is 1. The molecule has 0 bridgehead atoms. The van der Waals surface area contributed by atoms with Crippen molar-refractivity contribution in [2.24, 2.45) is 0 Å². The monoisotopic (exact) mass is 332 g/mol. The highest BCUT2D eigenvalue weighted by Gasteiger charge is 2.15.